The number of nitrogens with one attached hydrogen (secondary N) is 1. The molecule has 1 aliphatic heterocycles. The van der Waals surface area contributed by atoms with Crippen molar-refractivity contribution >= 4 is 16.7 Å². The number of nitrogens with zero attached hydrogens (tertiary/aromatic N) is 2. The third-order valence-corrected chi connectivity index (χ3v) is 6.95. The number of rotatable bonds is 9. The molecule has 1 aliphatic carbocycles. The first-order valence-corrected chi connectivity index (χ1v) is 12.0. The minimum Gasteiger partial charge on any atom is -0.493 e. The quantitative estimate of drug-likeness (QED) is 0.297. The molecule has 0 bridgehead atoms. The lowest BCUT2D eigenvalue weighted by molar-refractivity contribution is -0.497. The number of benzene rings is 3. The van der Waals surface area contributed by atoms with E-state index in [4.69, 9.17) is 4.74 Å². The lowest BCUT2D eigenvalue weighted by Gasteiger charge is -2.37. The third kappa shape index (κ3) is 4.75. The molecule has 0 aromatic heterocycles. The molecule has 3 aromatic carbocycles. The summed E-state index contributed by atoms with van der Waals surface area (Å²) in [5, 5.41) is 16.2. The van der Waals surface area contributed by atoms with E-state index in [2.05, 4.69) is 40.5 Å². The molecule has 1 saturated carbocycles. The molecular formula is C27H29N3O4. The Kier molecular flexibility index (Phi) is 6.45. The number of ether oxygens (including phenoxy) is 1. The Hall–Kier alpha value is -3.45. The standard InChI is InChI=1S/C27H29N3O4/c31-27(23-17-24(23)30(32)33)28-18-25-21-10-3-1-8-20(21)13-15-29(25)14-6-16-34-26-12-5-9-19-7-2-4-11-22(19)26/h1-5,7-12,23-25H,6,13-18H2,(H,28,31)/t23-,24-,25?/m1/s1. The molecule has 7 heteroatoms. The van der Waals surface area contributed by atoms with Gasteiger partial charge in [-0.15, -0.1) is 0 Å². The molecule has 5 rings (SSSR count). The van der Waals surface area contributed by atoms with Gasteiger partial charge in [0.25, 0.3) is 0 Å². The first kappa shape index (κ1) is 22.3. The van der Waals surface area contributed by atoms with Crippen LogP contribution in [0.1, 0.15) is 30.0 Å². The van der Waals surface area contributed by atoms with E-state index in [1.165, 1.54) is 16.5 Å². The number of hydrogen-bond acceptors (Lipinski definition) is 5. The van der Waals surface area contributed by atoms with Crippen LogP contribution in [0.5, 0.6) is 5.75 Å². The zero-order valence-corrected chi connectivity index (χ0v) is 19.1. The molecule has 1 fully saturated rings. The Morgan fingerprint density at radius 3 is 2.74 bits per heavy atom. The molecule has 3 aromatic rings. The van der Waals surface area contributed by atoms with Gasteiger partial charge in [0.2, 0.25) is 11.9 Å². The maximum atomic E-state index is 12.5. The second-order valence-corrected chi connectivity index (χ2v) is 9.12. The van der Waals surface area contributed by atoms with Crippen molar-refractivity contribution < 1.29 is 14.5 Å². The maximum absolute atomic E-state index is 12.5. The van der Waals surface area contributed by atoms with Gasteiger partial charge in [0, 0.05) is 36.4 Å². The Labute approximate surface area is 198 Å². The van der Waals surface area contributed by atoms with Gasteiger partial charge in [0.15, 0.2) is 0 Å². The third-order valence-electron chi connectivity index (χ3n) is 6.95. The van der Waals surface area contributed by atoms with Gasteiger partial charge >= 0.3 is 0 Å². The molecule has 0 radical (unpaired) electrons. The van der Waals surface area contributed by atoms with Gasteiger partial charge in [-0.3, -0.25) is 19.8 Å². The highest BCUT2D eigenvalue weighted by Gasteiger charge is 2.53. The van der Waals surface area contributed by atoms with E-state index < -0.39 is 12.0 Å². The Morgan fingerprint density at radius 1 is 1.09 bits per heavy atom. The zero-order chi connectivity index (χ0) is 23.5. The number of fused-ring (bicyclic) bond motifs is 2. The van der Waals surface area contributed by atoms with Crippen LogP contribution in [0, 0.1) is 16.0 Å². The van der Waals surface area contributed by atoms with Crippen LogP contribution in [0.2, 0.25) is 0 Å². The number of amides is 1. The summed E-state index contributed by atoms with van der Waals surface area (Å²) in [6.07, 6.45) is 2.17. The number of carbonyl (C=O) groups excluding carboxylic acids is 1. The first-order valence-electron chi connectivity index (χ1n) is 12.0. The molecule has 1 heterocycles. The van der Waals surface area contributed by atoms with Crippen LogP contribution in [-0.2, 0) is 11.2 Å². The van der Waals surface area contributed by atoms with E-state index in [0.29, 0.717) is 19.6 Å². The van der Waals surface area contributed by atoms with Crippen LogP contribution >= 0.6 is 0 Å². The van der Waals surface area contributed by atoms with Gasteiger partial charge in [-0.1, -0.05) is 60.7 Å². The summed E-state index contributed by atoms with van der Waals surface area (Å²) in [6, 6.07) is 22.0. The van der Waals surface area contributed by atoms with Crippen molar-refractivity contribution in [1.29, 1.82) is 0 Å². The van der Waals surface area contributed by atoms with E-state index in [1.807, 2.05) is 36.4 Å². The maximum Gasteiger partial charge on any atom is 0.230 e. The second kappa shape index (κ2) is 9.81. The lowest BCUT2D eigenvalue weighted by Crippen LogP contribution is -2.43. The fourth-order valence-corrected chi connectivity index (χ4v) is 5.01. The molecule has 1 amide bonds. The molecule has 176 valence electrons. The van der Waals surface area contributed by atoms with Gasteiger partial charge in [-0.25, -0.2) is 0 Å². The van der Waals surface area contributed by atoms with Crippen molar-refractivity contribution in [3.63, 3.8) is 0 Å². The Morgan fingerprint density at radius 2 is 1.88 bits per heavy atom. The molecule has 0 spiro atoms. The number of carbonyl (C=O) groups is 1. The normalized spacial score (nSPS) is 21.6. The SMILES string of the molecule is O=C(NCC1c2ccccc2CCN1CCCOc1cccc2ccccc12)[C@@H]1C[C@H]1[N+](=O)[O-]. The molecular weight excluding hydrogens is 430 g/mol. The minimum atomic E-state index is -0.721. The zero-order valence-electron chi connectivity index (χ0n) is 19.1. The van der Waals surface area contributed by atoms with Crippen LogP contribution < -0.4 is 10.1 Å². The van der Waals surface area contributed by atoms with E-state index >= 15 is 0 Å². The van der Waals surface area contributed by atoms with Gasteiger partial charge in [0.1, 0.15) is 11.7 Å². The second-order valence-electron chi connectivity index (χ2n) is 9.12. The molecule has 1 N–H and O–H groups in total. The highest BCUT2D eigenvalue weighted by molar-refractivity contribution is 5.88. The van der Waals surface area contributed by atoms with E-state index in [1.54, 1.807) is 0 Å². The first-order chi connectivity index (χ1) is 16.6. The van der Waals surface area contributed by atoms with Gasteiger partial charge in [-0.05, 0) is 35.4 Å². The van der Waals surface area contributed by atoms with Gasteiger partial charge < -0.3 is 10.1 Å². The predicted octanol–water partition coefficient (Wildman–Crippen LogP) is 3.99. The highest BCUT2D eigenvalue weighted by Crippen LogP contribution is 2.34. The summed E-state index contributed by atoms with van der Waals surface area (Å²) in [5.74, 6) is 0.205. The van der Waals surface area contributed by atoms with Crippen molar-refractivity contribution in [3.05, 3.63) is 88.0 Å². The summed E-state index contributed by atoms with van der Waals surface area (Å²) in [4.78, 5) is 25.4. The largest absolute Gasteiger partial charge is 0.493 e. The average Bonchev–Trinajstić information content (AvgIpc) is 3.67. The monoisotopic (exact) mass is 459 g/mol. The number of hydrogen-bond donors (Lipinski definition) is 1. The molecule has 7 nitrogen and oxygen atoms in total. The molecule has 2 aliphatic rings. The van der Waals surface area contributed by atoms with Crippen LogP contribution in [-0.4, -0.2) is 48.0 Å². The fraction of sp³-hybridized carbons (Fsp3) is 0.370. The minimum absolute atomic E-state index is 0.0549. The summed E-state index contributed by atoms with van der Waals surface area (Å²) < 4.78 is 6.13. The van der Waals surface area contributed by atoms with E-state index in [-0.39, 0.29) is 16.9 Å². The molecule has 1 unspecified atom stereocenters. The van der Waals surface area contributed by atoms with Crippen LogP contribution in [0.4, 0.5) is 0 Å². The molecule has 3 atom stereocenters. The Bertz CT molecular complexity index is 1190. The molecule has 0 saturated heterocycles. The average molecular weight is 460 g/mol. The van der Waals surface area contributed by atoms with Crippen LogP contribution in [0.15, 0.2) is 66.7 Å². The van der Waals surface area contributed by atoms with Crippen molar-refractivity contribution in [2.45, 2.75) is 31.3 Å². The lowest BCUT2D eigenvalue weighted by atomic mass is 9.92. The van der Waals surface area contributed by atoms with Crippen molar-refractivity contribution in [2.24, 2.45) is 5.92 Å². The van der Waals surface area contributed by atoms with Crippen LogP contribution in [0.25, 0.3) is 10.8 Å². The summed E-state index contributed by atoms with van der Waals surface area (Å²) >= 11 is 0. The summed E-state index contributed by atoms with van der Waals surface area (Å²) in [7, 11) is 0. The van der Waals surface area contributed by atoms with Crippen molar-refractivity contribution in [2.75, 3.05) is 26.2 Å². The predicted molar refractivity (Wildman–Crippen MR) is 130 cm³/mol. The van der Waals surface area contributed by atoms with Gasteiger partial charge in [-0.2, -0.15) is 0 Å². The number of nitro groups is 1. The fourth-order valence-electron chi connectivity index (χ4n) is 5.01. The van der Waals surface area contributed by atoms with Crippen LogP contribution in [0.3, 0.4) is 0 Å². The van der Waals surface area contributed by atoms with E-state index in [0.717, 1.165) is 37.1 Å². The molecule has 34 heavy (non-hydrogen) atoms. The van der Waals surface area contributed by atoms with E-state index in [9.17, 15) is 14.9 Å². The Balaban J connectivity index is 1.20. The highest BCUT2D eigenvalue weighted by atomic mass is 16.6. The summed E-state index contributed by atoms with van der Waals surface area (Å²) in [5.41, 5.74) is 2.53. The van der Waals surface area contributed by atoms with Crippen molar-refractivity contribution in [3.8, 4) is 5.75 Å². The van der Waals surface area contributed by atoms with Gasteiger partial charge in [0.05, 0.1) is 12.6 Å². The summed E-state index contributed by atoms with van der Waals surface area (Å²) in [6.45, 7) is 2.83. The van der Waals surface area contributed by atoms with Crippen molar-refractivity contribution in [1.82, 2.24) is 10.2 Å². The topological polar surface area (TPSA) is 84.7 Å². The smallest absolute Gasteiger partial charge is 0.230 e.